The molecule has 1 N–H and O–H groups in total. The predicted molar refractivity (Wildman–Crippen MR) is 87.2 cm³/mol. The smallest absolute Gasteiger partial charge is 0.248 e. The third kappa shape index (κ3) is 3.00. The van der Waals surface area contributed by atoms with Gasteiger partial charge in [-0.2, -0.15) is 0 Å². The van der Waals surface area contributed by atoms with E-state index in [1.807, 2.05) is 6.92 Å². The van der Waals surface area contributed by atoms with Gasteiger partial charge >= 0.3 is 0 Å². The monoisotopic (exact) mass is 332 g/mol. The highest BCUT2D eigenvalue weighted by Crippen LogP contribution is 2.29. The van der Waals surface area contributed by atoms with Crippen LogP contribution < -0.4 is 5.32 Å². The summed E-state index contributed by atoms with van der Waals surface area (Å²) in [7, 11) is -3.37. The van der Waals surface area contributed by atoms with Crippen LogP contribution in [0.1, 0.15) is 15.4 Å². The van der Waals surface area contributed by atoms with Gasteiger partial charge in [0.25, 0.3) is 0 Å². The van der Waals surface area contributed by atoms with Crippen molar-refractivity contribution in [1.29, 1.82) is 0 Å². The Morgan fingerprint density at radius 1 is 1.36 bits per heavy atom. The average molecular weight is 332 g/mol. The van der Waals surface area contributed by atoms with E-state index in [1.165, 1.54) is 23.5 Å². The number of aryl methyl sites for hydroxylation is 1. The second kappa shape index (κ2) is 5.51. The number of hydrogen-bond donors (Lipinski definition) is 1. The van der Waals surface area contributed by atoms with E-state index in [0.29, 0.717) is 11.3 Å². The molecule has 1 aliphatic heterocycles. The Labute approximate surface area is 131 Å². The van der Waals surface area contributed by atoms with Crippen molar-refractivity contribution in [1.82, 2.24) is 4.98 Å². The van der Waals surface area contributed by atoms with Crippen molar-refractivity contribution in [3.63, 3.8) is 0 Å². The first-order chi connectivity index (χ1) is 10.4. The van der Waals surface area contributed by atoms with Gasteiger partial charge in [0.1, 0.15) is 0 Å². The summed E-state index contributed by atoms with van der Waals surface area (Å²) in [5.41, 5.74) is 1.08. The summed E-state index contributed by atoms with van der Waals surface area (Å²) in [4.78, 5) is 17.1. The van der Waals surface area contributed by atoms with Crippen molar-refractivity contribution < 1.29 is 13.2 Å². The topological polar surface area (TPSA) is 76.1 Å². The van der Waals surface area contributed by atoms with Crippen LogP contribution in [0.25, 0.3) is 12.2 Å². The molecule has 0 saturated carbocycles. The lowest BCUT2D eigenvalue weighted by Crippen LogP contribution is -2.08. The number of amides is 1. The van der Waals surface area contributed by atoms with Gasteiger partial charge in [0.05, 0.1) is 9.90 Å². The summed E-state index contributed by atoms with van der Waals surface area (Å²) in [6.45, 7) is 1.89. The molecule has 0 atom stereocenters. The van der Waals surface area contributed by atoms with Gasteiger partial charge in [-0.05, 0) is 36.8 Å². The zero-order valence-electron chi connectivity index (χ0n) is 11.6. The van der Waals surface area contributed by atoms with Crippen molar-refractivity contribution in [3.05, 3.63) is 51.3 Å². The molecule has 1 aromatic heterocycles. The molecule has 0 radical (unpaired) electrons. The fourth-order valence-corrected chi connectivity index (χ4v) is 3.95. The highest BCUT2D eigenvalue weighted by molar-refractivity contribution is 7.94. The summed E-state index contributed by atoms with van der Waals surface area (Å²) in [6.07, 6.45) is 6.30. The van der Waals surface area contributed by atoms with Gasteiger partial charge in [-0.15, -0.1) is 11.3 Å². The molecule has 112 valence electrons. The fourth-order valence-electron chi connectivity index (χ4n) is 2.03. The Kier molecular flexibility index (Phi) is 3.67. The van der Waals surface area contributed by atoms with Crippen LogP contribution in [0.5, 0.6) is 0 Å². The second-order valence-corrected chi connectivity index (χ2v) is 7.77. The van der Waals surface area contributed by atoms with E-state index in [-0.39, 0.29) is 10.8 Å². The first kappa shape index (κ1) is 14.7. The molecule has 1 amide bonds. The van der Waals surface area contributed by atoms with E-state index in [1.54, 1.807) is 30.5 Å². The maximum absolute atomic E-state index is 11.9. The van der Waals surface area contributed by atoms with E-state index in [0.717, 1.165) is 15.3 Å². The SMILES string of the molecule is Cc1ncc(/C=C\C(=O)Nc2ccc3c(c2)S(=O)(=O)C=C3)s1. The van der Waals surface area contributed by atoms with E-state index >= 15 is 0 Å². The number of rotatable bonds is 3. The van der Waals surface area contributed by atoms with Gasteiger partial charge < -0.3 is 5.32 Å². The zero-order valence-corrected chi connectivity index (χ0v) is 13.2. The summed E-state index contributed by atoms with van der Waals surface area (Å²) < 4.78 is 23.6. The van der Waals surface area contributed by atoms with Crippen LogP contribution in [0.4, 0.5) is 5.69 Å². The van der Waals surface area contributed by atoms with Crippen LogP contribution in [0.15, 0.2) is 40.8 Å². The number of fused-ring (bicyclic) bond motifs is 1. The summed E-state index contributed by atoms with van der Waals surface area (Å²) in [5.74, 6) is -0.325. The number of hydrogen-bond acceptors (Lipinski definition) is 5. The Morgan fingerprint density at radius 2 is 2.18 bits per heavy atom. The molecular formula is C15H12N2O3S2. The molecule has 2 heterocycles. The molecule has 7 heteroatoms. The number of benzene rings is 1. The van der Waals surface area contributed by atoms with Crippen molar-refractivity contribution in [3.8, 4) is 0 Å². The number of nitrogens with one attached hydrogen (secondary N) is 1. The van der Waals surface area contributed by atoms with Crippen LogP contribution in [-0.2, 0) is 14.6 Å². The van der Waals surface area contributed by atoms with Crippen molar-refractivity contribution in [2.75, 3.05) is 5.32 Å². The van der Waals surface area contributed by atoms with Gasteiger partial charge in [0, 0.05) is 28.2 Å². The normalized spacial score (nSPS) is 15.1. The number of aromatic nitrogens is 1. The fraction of sp³-hybridized carbons (Fsp3) is 0.0667. The van der Waals surface area contributed by atoms with Crippen LogP contribution in [0.3, 0.4) is 0 Å². The second-order valence-electron chi connectivity index (χ2n) is 4.70. The summed E-state index contributed by atoms with van der Waals surface area (Å²) in [6, 6.07) is 4.81. The molecule has 0 unspecified atom stereocenters. The predicted octanol–water partition coefficient (Wildman–Crippen LogP) is 2.86. The van der Waals surface area contributed by atoms with Crippen molar-refractivity contribution in [2.24, 2.45) is 0 Å². The molecule has 2 aromatic rings. The van der Waals surface area contributed by atoms with Crippen molar-refractivity contribution >= 4 is 44.9 Å². The Balaban J connectivity index is 1.74. The van der Waals surface area contributed by atoms with Gasteiger partial charge in [-0.3, -0.25) is 4.79 Å². The van der Waals surface area contributed by atoms with E-state index in [2.05, 4.69) is 10.3 Å². The van der Waals surface area contributed by atoms with E-state index in [9.17, 15) is 13.2 Å². The first-order valence-corrected chi connectivity index (χ1v) is 8.79. The number of carbonyl (C=O) groups is 1. The third-order valence-corrected chi connectivity index (χ3v) is 5.39. The number of anilines is 1. The van der Waals surface area contributed by atoms with Crippen LogP contribution in [-0.4, -0.2) is 19.3 Å². The third-order valence-electron chi connectivity index (χ3n) is 3.05. The first-order valence-electron chi connectivity index (χ1n) is 6.43. The standard InChI is InChI=1S/C15H12N2O3S2/c1-10-16-9-13(21-10)4-5-15(18)17-12-3-2-11-6-7-22(19,20)14(11)8-12/h2-9H,1H3,(H,17,18)/b5-4-. The largest absolute Gasteiger partial charge is 0.322 e. The Hall–Kier alpha value is -2.25. The van der Waals surface area contributed by atoms with Crippen LogP contribution in [0, 0.1) is 6.92 Å². The Bertz CT molecular complexity index is 909. The maximum atomic E-state index is 11.9. The molecule has 0 aliphatic carbocycles. The summed E-state index contributed by atoms with van der Waals surface area (Å²) >= 11 is 1.49. The van der Waals surface area contributed by atoms with Gasteiger partial charge in [-0.25, -0.2) is 13.4 Å². The van der Waals surface area contributed by atoms with Crippen molar-refractivity contribution in [2.45, 2.75) is 11.8 Å². The highest BCUT2D eigenvalue weighted by Gasteiger charge is 2.20. The molecule has 22 heavy (non-hydrogen) atoms. The minimum atomic E-state index is -3.37. The zero-order chi connectivity index (χ0) is 15.7. The Morgan fingerprint density at radius 3 is 2.91 bits per heavy atom. The van der Waals surface area contributed by atoms with E-state index < -0.39 is 9.84 Å². The molecule has 0 saturated heterocycles. The molecule has 0 bridgehead atoms. The van der Waals surface area contributed by atoms with Gasteiger partial charge in [0.15, 0.2) is 0 Å². The number of thiazole rings is 1. The van der Waals surface area contributed by atoms with Crippen LogP contribution in [0.2, 0.25) is 0 Å². The molecular weight excluding hydrogens is 320 g/mol. The van der Waals surface area contributed by atoms with E-state index in [4.69, 9.17) is 0 Å². The van der Waals surface area contributed by atoms with Gasteiger partial charge in [-0.1, -0.05) is 6.07 Å². The molecule has 1 aromatic carbocycles. The average Bonchev–Trinajstić information content (AvgIpc) is 3.01. The quantitative estimate of drug-likeness (QED) is 0.877. The number of nitrogens with zero attached hydrogens (tertiary/aromatic N) is 1. The minimum absolute atomic E-state index is 0.215. The molecule has 1 aliphatic rings. The highest BCUT2D eigenvalue weighted by atomic mass is 32.2. The molecule has 0 fully saturated rings. The van der Waals surface area contributed by atoms with Gasteiger partial charge in [0.2, 0.25) is 15.7 Å². The number of sulfone groups is 1. The lowest BCUT2D eigenvalue weighted by atomic mass is 10.2. The lowest BCUT2D eigenvalue weighted by molar-refractivity contribution is -0.111. The lowest BCUT2D eigenvalue weighted by Gasteiger charge is -2.05. The maximum Gasteiger partial charge on any atom is 0.248 e. The minimum Gasteiger partial charge on any atom is -0.322 e. The molecule has 5 nitrogen and oxygen atoms in total. The molecule has 0 spiro atoms. The number of carbonyl (C=O) groups excluding carboxylic acids is 1. The summed E-state index contributed by atoms with van der Waals surface area (Å²) in [5, 5.41) is 4.74. The molecule has 3 rings (SSSR count). The van der Waals surface area contributed by atoms with Crippen LogP contribution >= 0.6 is 11.3 Å².